The van der Waals surface area contributed by atoms with Gasteiger partial charge in [0.05, 0.1) is 0 Å². The highest BCUT2D eigenvalue weighted by atomic mass is 79.9. The van der Waals surface area contributed by atoms with E-state index in [1.165, 1.54) is 18.4 Å². The minimum atomic E-state index is 0.102. The molecule has 2 amide bonds. The molecule has 1 aromatic carbocycles. The van der Waals surface area contributed by atoms with Crippen molar-refractivity contribution in [1.82, 2.24) is 15.1 Å². The first-order valence-corrected chi connectivity index (χ1v) is 10.9. The minimum Gasteiger partial charge on any atom is -0.355 e. The number of carbonyl (C=O) groups excluding carboxylic acids is 2. The van der Waals surface area contributed by atoms with Crippen LogP contribution >= 0.6 is 15.9 Å². The number of halogens is 1. The Morgan fingerprint density at radius 2 is 1.85 bits per heavy atom. The van der Waals surface area contributed by atoms with E-state index in [9.17, 15) is 9.59 Å². The van der Waals surface area contributed by atoms with Crippen molar-refractivity contribution in [2.24, 2.45) is 5.92 Å². The summed E-state index contributed by atoms with van der Waals surface area (Å²) in [5, 5.41) is 3.02. The van der Waals surface area contributed by atoms with Crippen molar-refractivity contribution in [2.75, 3.05) is 39.3 Å². The number of rotatable bonds is 7. The molecule has 0 radical (unpaired) electrons. The number of aryl methyl sites for hydroxylation is 1. The van der Waals surface area contributed by atoms with Crippen LogP contribution in [0.25, 0.3) is 0 Å². The maximum Gasteiger partial charge on any atom is 0.225 e. The van der Waals surface area contributed by atoms with E-state index in [0.29, 0.717) is 18.9 Å². The highest BCUT2D eigenvalue weighted by molar-refractivity contribution is 9.10. The average molecular weight is 436 g/mol. The SMILES string of the molecule is O=C(CCc1cccc(Br)c1)NCCN1CCN(C(=O)C2CCCC2)CC1. The fraction of sp³-hybridized carbons (Fsp3) is 0.619. The molecule has 0 spiro atoms. The molecule has 1 saturated heterocycles. The Hall–Kier alpha value is -1.40. The van der Waals surface area contributed by atoms with Gasteiger partial charge in [-0.15, -0.1) is 0 Å². The van der Waals surface area contributed by atoms with Gasteiger partial charge in [-0.3, -0.25) is 14.5 Å². The Bertz CT molecular complexity index is 638. The van der Waals surface area contributed by atoms with Gasteiger partial charge in [0.25, 0.3) is 0 Å². The summed E-state index contributed by atoms with van der Waals surface area (Å²) in [7, 11) is 0. The molecule has 0 atom stereocenters. The summed E-state index contributed by atoms with van der Waals surface area (Å²) in [5.41, 5.74) is 1.17. The van der Waals surface area contributed by atoms with Gasteiger partial charge in [0.2, 0.25) is 11.8 Å². The molecule has 1 aliphatic carbocycles. The number of nitrogens with zero attached hydrogens (tertiary/aromatic N) is 2. The molecule has 1 N–H and O–H groups in total. The van der Waals surface area contributed by atoms with Gasteiger partial charge in [0, 0.05) is 56.1 Å². The van der Waals surface area contributed by atoms with E-state index < -0.39 is 0 Å². The molecule has 5 nitrogen and oxygen atoms in total. The van der Waals surface area contributed by atoms with Gasteiger partial charge in [-0.05, 0) is 37.0 Å². The molecule has 1 saturated carbocycles. The Balaban J connectivity index is 1.28. The number of amides is 2. The lowest BCUT2D eigenvalue weighted by Gasteiger charge is -2.36. The van der Waals surface area contributed by atoms with Crippen molar-refractivity contribution in [3.05, 3.63) is 34.3 Å². The third-order valence-corrected chi connectivity index (χ3v) is 6.16. The highest BCUT2D eigenvalue weighted by Crippen LogP contribution is 2.26. The molecule has 0 unspecified atom stereocenters. The van der Waals surface area contributed by atoms with Crippen molar-refractivity contribution in [1.29, 1.82) is 0 Å². The van der Waals surface area contributed by atoms with E-state index in [2.05, 4.69) is 32.2 Å². The normalized spacial score (nSPS) is 18.6. The van der Waals surface area contributed by atoms with Gasteiger partial charge in [-0.2, -0.15) is 0 Å². The molecular formula is C21H30BrN3O2. The first-order chi connectivity index (χ1) is 13.1. The zero-order chi connectivity index (χ0) is 19.1. The maximum absolute atomic E-state index is 12.5. The zero-order valence-corrected chi connectivity index (χ0v) is 17.5. The second-order valence-electron chi connectivity index (χ2n) is 7.63. The molecule has 1 aliphatic heterocycles. The Morgan fingerprint density at radius 3 is 2.56 bits per heavy atom. The van der Waals surface area contributed by atoms with Crippen LogP contribution in [-0.2, 0) is 16.0 Å². The van der Waals surface area contributed by atoms with E-state index in [1.807, 2.05) is 23.1 Å². The van der Waals surface area contributed by atoms with E-state index in [4.69, 9.17) is 0 Å². The van der Waals surface area contributed by atoms with Gasteiger partial charge in [-0.25, -0.2) is 0 Å². The molecule has 148 valence electrons. The standard InChI is InChI=1S/C21H30BrN3O2/c22-19-7-3-4-17(16-19)8-9-20(26)23-10-11-24-12-14-25(15-13-24)21(27)18-5-1-2-6-18/h3-4,7,16,18H,1-2,5-6,8-15H2,(H,23,26). The highest BCUT2D eigenvalue weighted by Gasteiger charge is 2.29. The van der Waals surface area contributed by atoms with Crippen LogP contribution in [0.5, 0.6) is 0 Å². The second-order valence-corrected chi connectivity index (χ2v) is 8.54. The first kappa shape index (κ1) is 20.3. The zero-order valence-electron chi connectivity index (χ0n) is 16.0. The summed E-state index contributed by atoms with van der Waals surface area (Å²) in [6, 6.07) is 8.09. The van der Waals surface area contributed by atoms with Gasteiger partial charge in [0.15, 0.2) is 0 Å². The lowest BCUT2D eigenvalue weighted by molar-refractivity contribution is -0.137. The molecule has 27 heavy (non-hydrogen) atoms. The van der Waals surface area contributed by atoms with Crippen molar-refractivity contribution in [3.8, 4) is 0 Å². The average Bonchev–Trinajstić information content (AvgIpc) is 3.21. The molecule has 0 aromatic heterocycles. The largest absolute Gasteiger partial charge is 0.355 e. The molecule has 0 bridgehead atoms. The molecule has 6 heteroatoms. The quantitative estimate of drug-likeness (QED) is 0.716. The van der Waals surface area contributed by atoms with Crippen molar-refractivity contribution >= 4 is 27.7 Å². The van der Waals surface area contributed by atoms with E-state index >= 15 is 0 Å². The van der Waals surface area contributed by atoms with Crippen LogP contribution in [0.1, 0.15) is 37.7 Å². The fourth-order valence-electron chi connectivity index (χ4n) is 4.01. The summed E-state index contributed by atoms with van der Waals surface area (Å²) >= 11 is 3.46. The number of carbonyl (C=O) groups is 2. The predicted octanol–water partition coefficient (Wildman–Crippen LogP) is 2.83. The van der Waals surface area contributed by atoms with Crippen LogP contribution in [-0.4, -0.2) is 60.9 Å². The number of hydrogen-bond acceptors (Lipinski definition) is 3. The molecule has 1 aromatic rings. The number of benzene rings is 1. The summed E-state index contributed by atoms with van der Waals surface area (Å²) in [6.45, 7) is 5.00. The van der Waals surface area contributed by atoms with Crippen LogP contribution in [0, 0.1) is 5.92 Å². The van der Waals surface area contributed by atoms with E-state index in [1.54, 1.807) is 0 Å². The third-order valence-electron chi connectivity index (χ3n) is 5.67. The summed E-state index contributed by atoms with van der Waals surface area (Å²) in [5.74, 6) is 0.749. The Morgan fingerprint density at radius 1 is 1.11 bits per heavy atom. The number of piperazine rings is 1. The minimum absolute atomic E-state index is 0.102. The van der Waals surface area contributed by atoms with Crippen molar-refractivity contribution in [3.63, 3.8) is 0 Å². The molecular weight excluding hydrogens is 406 g/mol. The van der Waals surface area contributed by atoms with Gasteiger partial charge >= 0.3 is 0 Å². The van der Waals surface area contributed by atoms with Crippen LogP contribution in [0.3, 0.4) is 0 Å². The molecule has 2 fully saturated rings. The van der Waals surface area contributed by atoms with Crippen molar-refractivity contribution < 1.29 is 9.59 Å². The summed E-state index contributed by atoms with van der Waals surface area (Å²) in [6.07, 6.45) is 5.83. The lowest BCUT2D eigenvalue weighted by Crippen LogP contribution is -2.51. The van der Waals surface area contributed by atoms with Crippen molar-refractivity contribution in [2.45, 2.75) is 38.5 Å². The predicted molar refractivity (Wildman–Crippen MR) is 110 cm³/mol. The van der Waals surface area contributed by atoms with E-state index in [-0.39, 0.29) is 11.8 Å². The monoisotopic (exact) mass is 435 g/mol. The van der Waals surface area contributed by atoms with Crippen LogP contribution in [0.2, 0.25) is 0 Å². The maximum atomic E-state index is 12.5. The van der Waals surface area contributed by atoms with Gasteiger partial charge in [-0.1, -0.05) is 40.9 Å². The van der Waals surface area contributed by atoms with E-state index in [0.717, 1.165) is 56.5 Å². The molecule has 3 rings (SSSR count). The Kier molecular flexibility index (Phi) is 7.70. The first-order valence-electron chi connectivity index (χ1n) is 10.1. The van der Waals surface area contributed by atoms with Crippen LogP contribution in [0.15, 0.2) is 28.7 Å². The molecule has 2 aliphatic rings. The molecule has 1 heterocycles. The number of nitrogens with one attached hydrogen (secondary N) is 1. The van der Waals surface area contributed by atoms with Crippen LogP contribution in [0.4, 0.5) is 0 Å². The second kappa shape index (κ2) is 10.2. The van der Waals surface area contributed by atoms with Gasteiger partial charge in [0.1, 0.15) is 0 Å². The summed E-state index contributed by atoms with van der Waals surface area (Å²) < 4.78 is 1.05. The fourth-order valence-corrected chi connectivity index (χ4v) is 4.46. The topological polar surface area (TPSA) is 52.7 Å². The number of hydrogen-bond donors (Lipinski definition) is 1. The smallest absolute Gasteiger partial charge is 0.225 e. The summed E-state index contributed by atoms with van der Waals surface area (Å²) in [4.78, 5) is 28.9. The third kappa shape index (κ3) is 6.32. The Labute approximate surface area is 170 Å². The lowest BCUT2D eigenvalue weighted by atomic mass is 10.1. The van der Waals surface area contributed by atoms with Crippen LogP contribution < -0.4 is 5.32 Å². The van der Waals surface area contributed by atoms with Gasteiger partial charge < -0.3 is 10.2 Å².